The molecule has 0 unspecified atom stereocenters. The number of ether oxygens (including phenoxy) is 3. The predicted octanol–water partition coefficient (Wildman–Crippen LogP) is 6.27. The molecule has 0 saturated heterocycles. The van der Waals surface area contributed by atoms with Gasteiger partial charge in [-0.05, 0) is 42.8 Å². The topological polar surface area (TPSA) is 94.4 Å². The number of esters is 1. The SMILES string of the molecule is C=CCOc1c(Cl)cc(/C=C2\SC(=NC(=O)c3ccccc3Cl)C(C(=O)OCC)=C2O)cc1OC. The number of benzene rings is 2. The third kappa shape index (κ3) is 6.08. The summed E-state index contributed by atoms with van der Waals surface area (Å²) in [7, 11) is 1.47. The lowest BCUT2D eigenvalue weighted by atomic mass is 10.1. The van der Waals surface area contributed by atoms with E-state index in [-0.39, 0.29) is 50.1 Å². The number of halogens is 2. The second-order valence-electron chi connectivity index (χ2n) is 6.89. The summed E-state index contributed by atoms with van der Waals surface area (Å²) in [4.78, 5) is 29.6. The minimum atomic E-state index is -0.810. The zero-order valence-electron chi connectivity index (χ0n) is 18.8. The van der Waals surface area contributed by atoms with Crippen molar-refractivity contribution in [3.63, 3.8) is 0 Å². The first-order valence-corrected chi connectivity index (χ1v) is 11.9. The molecule has 182 valence electrons. The molecule has 1 aliphatic rings. The highest BCUT2D eigenvalue weighted by atomic mass is 35.5. The molecule has 7 nitrogen and oxygen atoms in total. The summed E-state index contributed by atoms with van der Waals surface area (Å²) in [5.41, 5.74) is 0.496. The van der Waals surface area contributed by atoms with Crippen LogP contribution in [0.3, 0.4) is 0 Å². The normalized spacial score (nSPS) is 15.4. The van der Waals surface area contributed by atoms with Crippen LogP contribution < -0.4 is 9.47 Å². The van der Waals surface area contributed by atoms with E-state index < -0.39 is 11.9 Å². The number of methoxy groups -OCH3 is 1. The number of aliphatic hydroxyl groups excluding tert-OH is 1. The van der Waals surface area contributed by atoms with Gasteiger partial charge in [-0.2, -0.15) is 0 Å². The van der Waals surface area contributed by atoms with Crippen LogP contribution in [0.1, 0.15) is 22.8 Å². The average molecular weight is 534 g/mol. The fraction of sp³-hybridized carbons (Fsp3) is 0.160. The summed E-state index contributed by atoms with van der Waals surface area (Å²) >= 11 is 13.4. The molecule has 0 saturated carbocycles. The third-order valence-corrected chi connectivity index (χ3v) is 6.20. The minimum absolute atomic E-state index is 0.0129. The molecule has 0 fully saturated rings. The van der Waals surface area contributed by atoms with Gasteiger partial charge in [0.2, 0.25) is 0 Å². The van der Waals surface area contributed by atoms with Crippen LogP contribution in [-0.2, 0) is 9.53 Å². The Labute approximate surface area is 216 Å². The van der Waals surface area contributed by atoms with E-state index in [9.17, 15) is 14.7 Å². The molecule has 3 rings (SSSR count). The molecule has 1 aliphatic heterocycles. The average Bonchev–Trinajstić information content (AvgIpc) is 3.12. The first kappa shape index (κ1) is 26.4. The molecular formula is C25H21Cl2NO6S. The molecule has 0 radical (unpaired) electrons. The number of aliphatic imine (C=N–C) groups is 1. The number of aliphatic hydroxyl groups is 1. The number of thioether (sulfide) groups is 1. The maximum Gasteiger partial charge on any atom is 0.344 e. The van der Waals surface area contributed by atoms with Gasteiger partial charge in [0.25, 0.3) is 5.91 Å². The first-order valence-electron chi connectivity index (χ1n) is 10.3. The van der Waals surface area contributed by atoms with E-state index in [0.717, 1.165) is 11.8 Å². The van der Waals surface area contributed by atoms with Gasteiger partial charge in [0.1, 0.15) is 23.0 Å². The molecule has 1 heterocycles. The van der Waals surface area contributed by atoms with Gasteiger partial charge < -0.3 is 19.3 Å². The highest BCUT2D eigenvalue weighted by Gasteiger charge is 2.34. The molecule has 0 atom stereocenters. The van der Waals surface area contributed by atoms with Crippen LogP contribution >= 0.6 is 35.0 Å². The van der Waals surface area contributed by atoms with Crippen molar-refractivity contribution in [2.24, 2.45) is 4.99 Å². The number of carbonyl (C=O) groups is 2. The van der Waals surface area contributed by atoms with Crippen molar-refractivity contribution in [3.8, 4) is 11.5 Å². The quantitative estimate of drug-likeness (QED) is 0.315. The third-order valence-electron chi connectivity index (χ3n) is 4.57. The van der Waals surface area contributed by atoms with E-state index in [4.69, 9.17) is 37.4 Å². The van der Waals surface area contributed by atoms with E-state index in [0.29, 0.717) is 17.1 Å². The molecule has 1 N–H and O–H groups in total. The summed E-state index contributed by atoms with van der Waals surface area (Å²) in [6.07, 6.45) is 3.15. The standard InChI is InChI=1S/C25H21Cl2NO6S/c1-4-10-34-22-17(27)11-14(12-18(22)32-3)13-19-21(29)20(25(31)33-5-2)24(35-19)28-23(30)15-8-6-7-9-16(15)26/h4,6-9,11-13,29H,1,5,10H2,2-3H3/b19-13-,28-24?. The monoisotopic (exact) mass is 533 g/mol. The summed E-state index contributed by atoms with van der Waals surface area (Å²) in [6, 6.07) is 9.66. The van der Waals surface area contributed by atoms with Gasteiger partial charge in [-0.25, -0.2) is 9.79 Å². The Kier molecular flexibility index (Phi) is 9.03. The fourth-order valence-corrected chi connectivity index (χ4v) is 4.54. The smallest absolute Gasteiger partial charge is 0.344 e. The molecule has 0 aromatic heterocycles. The Hall–Kier alpha value is -3.20. The largest absolute Gasteiger partial charge is 0.506 e. The molecule has 10 heteroatoms. The Morgan fingerprint density at radius 3 is 2.60 bits per heavy atom. The van der Waals surface area contributed by atoms with E-state index >= 15 is 0 Å². The fourth-order valence-electron chi connectivity index (χ4n) is 3.04. The van der Waals surface area contributed by atoms with Gasteiger partial charge in [0.15, 0.2) is 11.5 Å². The zero-order valence-corrected chi connectivity index (χ0v) is 21.2. The van der Waals surface area contributed by atoms with Gasteiger partial charge in [-0.3, -0.25) is 4.79 Å². The van der Waals surface area contributed by atoms with Crippen LogP contribution in [0.5, 0.6) is 11.5 Å². The van der Waals surface area contributed by atoms with Crippen LogP contribution in [0, 0.1) is 0 Å². The molecule has 0 bridgehead atoms. The summed E-state index contributed by atoms with van der Waals surface area (Å²) in [5, 5.41) is 11.3. The summed E-state index contributed by atoms with van der Waals surface area (Å²) in [5.74, 6) is -1.14. The van der Waals surface area contributed by atoms with Gasteiger partial charge in [-0.1, -0.05) is 59.8 Å². The maximum atomic E-state index is 12.8. The van der Waals surface area contributed by atoms with E-state index in [1.54, 1.807) is 49.4 Å². The Morgan fingerprint density at radius 2 is 1.94 bits per heavy atom. The molecule has 1 amide bonds. The number of amides is 1. The second-order valence-corrected chi connectivity index (χ2v) is 8.74. The lowest BCUT2D eigenvalue weighted by Crippen LogP contribution is -2.14. The van der Waals surface area contributed by atoms with E-state index in [1.807, 2.05) is 0 Å². The van der Waals surface area contributed by atoms with Crippen LogP contribution in [0.25, 0.3) is 6.08 Å². The number of hydrogen-bond donors (Lipinski definition) is 1. The van der Waals surface area contributed by atoms with Crippen LogP contribution in [0.2, 0.25) is 10.0 Å². The van der Waals surface area contributed by atoms with E-state index in [2.05, 4.69) is 11.6 Å². The second kappa shape index (κ2) is 12.0. The molecule has 2 aromatic rings. The van der Waals surface area contributed by atoms with Crippen molar-refractivity contribution in [3.05, 3.63) is 86.5 Å². The maximum absolute atomic E-state index is 12.8. The molecule has 0 aliphatic carbocycles. The highest BCUT2D eigenvalue weighted by molar-refractivity contribution is 8.18. The molecule has 2 aromatic carbocycles. The van der Waals surface area contributed by atoms with Gasteiger partial charge >= 0.3 is 5.97 Å². The highest BCUT2D eigenvalue weighted by Crippen LogP contribution is 2.42. The summed E-state index contributed by atoms with van der Waals surface area (Å²) in [6.45, 7) is 5.54. The van der Waals surface area contributed by atoms with Gasteiger partial charge in [-0.15, -0.1) is 0 Å². The minimum Gasteiger partial charge on any atom is -0.506 e. The zero-order chi connectivity index (χ0) is 25.5. The van der Waals surface area contributed by atoms with Crippen molar-refractivity contribution >= 4 is 58.0 Å². The van der Waals surface area contributed by atoms with Crippen molar-refractivity contribution in [1.82, 2.24) is 0 Å². The van der Waals surface area contributed by atoms with Crippen molar-refractivity contribution in [2.75, 3.05) is 20.3 Å². The number of rotatable bonds is 8. The van der Waals surface area contributed by atoms with E-state index in [1.165, 1.54) is 13.2 Å². The predicted molar refractivity (Wildman–Crippen MR) is 139 cm³/mol. The summed E-state index contributed by atoms with van der Waals surface area (Å²) < 4.78 is 16.0. The first-order chi connectivity index (χ1) is 16.8. The van der Waals surface area contributed by atoms with Gasteiger partial charge in [0, 0.05) is 0 Å². The molecular weight excluding hydrogens is 513 g/mol. The van der Waals surface area contributed by atoms with Crippen molar-refractivity contribution < 1.29 is 28.9 Å². The lowest BCUT2D eigenvalue weighted by Gasteiger charge is -2.12. The van der Waals surface area contributed by atoms with Crippen LogP contribution in [0.4, 0.5) is 0 Å². The molecule has 0 spiro atoms. The Bertz CT molecular complexity index is 1270. The Balaban J connectivity index is 2.04. The Morgan fingerprint density at radius 1 is 1.20 bits per heavy atom. The lowest BCUT2D eigenvalue weighted by molar-refractivity contribution is -0.138. The van der Waals surface area contributed by atoms with Crippen molar-refractivity contribution in [1.29, 1.82) is 0 Å². The van der Waals surface area contributed by atoms with Crippen LogP contribution in [-0.4, -0.2) is 42.4 Å². The molecule has 35 heavy (non-hydrogen) atoms. The number of nitrogens with zero attached hydrogens (tertiary/aromatic N) is 1. The number of carbonyl (C=O) groups excluding carboxylic acids is 2. The van der Waals surface area contributed by atoms with Gasteiger partial charge in [0.05, 0.1) is 34.2 Å². The number of hydrogen-bond acceptors (Lipinski definition) is 7. The van der Waals surface area contributed by atoms with Crippen molar-refractivity contribution in [2.45, 2.75) is 6.92 Å². The van der Waals surface area contributed by atoms with Crippen LogP contribution in [0.15, 0.2) is 70.3 Å².